The maximum atomic E-state index is 13.9. The molecule has 0 radical (unpaired) electrons. The molecule has 156 valence electrons. The van der Waals surface area contributed by atoms with Crippen molar-refractivity contribution in [1.82, 2.24) is 24.9 Å². The van der Waals surface area contributed by atoms with E-state index in [1.807, 2.05) is 13.0 Å². The predicted octanol–water partition coefficient (Wildman–Crippen LogP) is 3.42. The molecule has 1 atom stereocenters. The Kier molecular flexibility index (Phi) is 4.72. The lowest BCUT2D eigenvalue weighted by Gasteiger charge is -2.27. The zero-order valence-corrected chi connectivity index (χ0v) is 16.7. The molecular formula is C21H23FN6O2. The summed E-state index contributed by atoms with van der Waals surface area (Å²) in [4.78, 5) is 23.2. The van der Waals surface area contributed by atoms with E-state index < -0.39 is 6.09 Å². The Hall–Kier alpha value is -3.23. The van der Waals surface area contributed by atoms with Gasteiger partial charge in [0.2, 0.25) is 5.65 Å². The summed E-state index contributed by atoms with van der Waals surface area (Å²) in [6.45, 7) is 2.83. The van der Waals surface area contributed by atoms with Gasteiger partial charge in [0, 0.05) is 24.5 Å². The molecule has 4 heterocycles. The largest absolute Gasteiger partial charge is 0.413 e. The molecule has 1 aliphatic heterocycles. The third-order valence-corrected chi connectivity index (χ3v) is 5.64. The minimum Gasteiger partial charge on any atom is -0.405 e. The molecule has 8 nitrogen and oxygen atoms in total. The number of fused-ring (bicyclic) bond motifs is 1. The third-order valence-electron chi connectivity index (χ3n) is 5.64. The first-order valence-corrected chi connectivity index (χ1v) is 10.4. The molecule has 2 aliphatic rings. The molecule has 2 fully saturated rings. The first-order valence-electron chi connectivity index (χ1n) is 10.4. The molecular weight excluding hydrogens is 387 g/mol. The third kappa shape index (κ3) is 3.55. The van der Waals surface area contributed by atoms with Crippen LogP contribution in [0, 0.1) is 5.82 Å². The van der Waals surface area contributed by atoms with Crippen LogP contribution in [-0.4, -0.2) is 38.3 Å². The lowest BCUT2D eigenvalue weighted by atomic mass is 10.0. The number of aromatic nitrogens is 4. The van der Waals surface area contributed by atoms with Crippen LogP contribution >= 0.6 is 0 Å². The van der Waals surface area contributed by atoms with E-state index in [1.54, 1.807) is 16.8 Å². The van der Waals surface area contributed by atoms with Gasteiger partial charge in [-0.05, 0) is 49.8 Å². The molecule has 3 aromatic rings. The van der Waals surface area contributed by atoms with Gasteiger partial charge in [-0.15, -0.1) is 0 Å². The van der Waals surface area contributed by atoms with E-state index in [0.717, 1.165) is 55.7 Å². The molecule has 0 spiro atoms. The topological polar surface area (TPSA) is 84.7 Å². The Balaban J connectivity index is 1.45. The van der Waals surface area contributed by atoms with Crippen LogP contribution in [0.15, 0.2) is 30.7 Å². The SMILES string of the molecule is CCc1ncc(F)cc1C1CCCN1c1ccn2ncc(OC(=O)NC3CC3)c2n1. The van der Waals surface area contributed by atoms with Crippen LogP contribution in [0.2, 0.25) is 0 Å². The van der Waals surface area contributed by atoms with Crippen molar-refractivity contribution < 1.29 is 13.9 Å². The van der Waals surface area contributed by atoms with Crippen molar-refractivity contribution in [2.75, 3.05) is 11.4 Å². The molecule has 5 rings (SSSR count). The molecule has 1 N–H and O–H groups in total. The van der Waals surface area contributed by atoms with Crippen molar-refractivity contribution in [2.24, 2.45) is 0 Å². The molecule has 1 amide bonds. The molecule has 9 heteroatoms. The number of hydrogen-bond acceptors (Lipinski definition) is 6. The summed E-state index contributed by atoms with van der Waals surface area (Å²) in [6, 6.07) is 3.68. The number of aryl methyl sites for hydroxylation is 1. The van der Waals surface area contributed by atoms with E-state index in [9.17, 15) is 9.18 Å². The summed E-state index contributed by atoms with van der Waals surface area (Å²) in [5.41, 5.74) is 2.28. The second kappa shape index (κ2) is 7.55. The van der Waals surface area contributed by atoms with Gasteiger partial charge in [-0.1, -0.05) is 6.92 Å². The number of rotatable bonds is 5. The Morgan fingerprint density at radius 2 is 2.20 bits per heavy atom. The van der Waals surface area contributed by atoms with Gasteiger partial charge in [-0.25, -0.2) is 18.7 Å². The molecule has 1 unspecified atom stereocenters. The normalized spacial score (nSPS) is 18.7. The second-order valence-electron chi connectivity index (χ2n) is 7.77. The summed E-state index contributed by atoms with van der Waals surface area (Å²) >= 11 is 0. The van der Waals surface area contributed by atoms with E-state index in [1.165, 1.54) is 12.4 Å². The summed E-state index contributed by atoms with van der Waals surface area (Å²) in [6.07, 6.45) is 8.65. The van der Waals surface area contributed by atoms with Gasteiger partial charge in [0.05, 0.1) is 18.4 Å². The van der Waals surface area contributed by atoms with Crippen molar-refractivity contribution >= 4 is 17.6 Å². The van der Waals surface area contributed by atoms with Gasteiger partial charge in [-0.3, -0.25) is 4.98 Å². The number of halogens is 1. The van der Waals surface area contributed by atoms with Gasteiger partial charge in [-0.2, -0.15) is 5.10 Å². The van der Waals surface area contributed by atoms with Crippen molar-refractivity contribution in [3.63, 3.8) is 0 Å². The van der Waals surface area contributed by atoms with E-state index in [0.29, 0.717) is 11.4 Å². The number of hydrogen-bond donors (Lipinski definition) is 1. The monoisotopic (exact) mass is 410 g/mol. The van der Waals surface area contributed by atoms with Crippen LogP contribution in [0.3, 0.4) is 0 Å². The summed E-state index contributed by atoms with van der Waals surface area (Å²) in [5, 5.41) is 7.02. The van der Waals surface area contributed by atoms with Crippen LogP contribution in [-0.2, 0) is 6.42 Å². The van der Waals surface area contributed by atoms with Gasteiger partial charge in [0.25, 0.3) is 0 Å². The molecule has 30 heavy (non-hydrogen) atoms. The highest BCUT2D eigenvalue weighted by molar-refractivity contribution is 5.74. The quantitative estimate of drug-likeness (QED) is 0.694. The number of pyridine rings is 1. The van der Waals surface area contributed by atoms with Crippen LogP contribution in [0.4, 0.5) is 15.0 Å². The Bertz CT molecular complexity index is 1100. The van der Waals surface area contributed by atoms with Crippen LogP contribution < -0.4 is 15.0 Å². The maximum absolute atomic E-state index is 13.9. The fourth-order valence-electron chi connectivity index (χ4n) is 4.03. The zero-order chi connectivity index (χ0) is 20.7. The van der Waals surface area contributed by atoms with E-state index in [4.69, 9.17) is 9.72 Å². The van der Waals surface area contributed by atoms with Crippen molar-refractivity contribution in [3.8, 4) is 5.75 Å². The number of anilines is 1. The molecule has 0 aromatic carbocycles. The van der Waals surface area contributed by atoms with Crippen LogP contribution in [0.1, 0.15) is 49.9 Å². The number of amides is 1. The molecule has 3 aromatic heterocycles. The Labute approximate surface area is 173 Å². The number of carbonyl (C=O) groups is 1. The minimum absolute atomic E-state index is 0.00329. The highest BCUT2D eigenvalue weighted by Gasteiger charge is 2.30. The summed E-state index contributed by atoms with van der Waals surface area (Å²) < 4.78 is 20.9. The first kappa shape index (κ1) is 18.8. The predicted molar refractivity (Wildman–Crippen MR) is 108 cm³/mol. The highest BCUT2D eigenvalue weighted by Crippen LogP contribution is 2.37. The number of carbonyl (C=O) groups excluding carboxylic acids is 1. The molecule has 1 aliphatic carbocycles. The average Bonchev–Trinajstić information content (AvgIpc) is 3.26. The Morgan fingerprint density at radius 1 is 1.33 bits per heavy atom. The van der Waals surface area contributed by atoms with E-state index >= 15 is 0 Å². The van der Waals surface area contributed by atoms with Gasteiger partial charge in [0.1, 0.15) is 11.6 Å². The van der Waals surface area contributed by atoms with Gasteiger partial charge < -0.3 is 15.0 Å². The van der Waals surface area contributed by atoms with Crippen LogP contribution in [0.5, 0.6) is 5.75 Å². The Morgan fingerprint density at radius 3 is 3.00 bits per heavy atom. The smallest absolute Gasteiger partial charge is 0.405 e. The lowest BCUT2D eigenvalue weighted by Crippen LogP contribution is -2.28. The fourth-order valence-corrected chi connectivity index (χ4v) is 4.03. The number of nitrogens with zero attached hydrogens (tertiary/aromatic N) is 5. The van der Waals surface area contributed by atoms with E-state index in [2.05, 4.69) is 20.3 Å². The molecule has 1 saturated carbocycles. The summed E-state index contributed by atoms with van der Waals surface area (Å²) in [7, 11) is 0. The molecule has 1 saturated heterocycles. The van der Waals surface area contributed by atoms with Crippen molar-refractivity contribution in [2.45, 2.75) is 51.1 Å². The van der Waals surface area contributed by atoms with E-state index in [-0.39, 0.29) is 17.9 Å². The van der Waals surface area contributed by atoms with Crippen molar-refractivity contribution in [1.29, 1.82) is 0 Å². The highest BCUT2D eigenvalue weighted by atomic mass is 19.1. The number of nitrogens with one attached hydrogen (secondary N) is 1. The number of ether oxygens (including phenoxy) is 1. The average molecular weight is 410 g/mol. The van der Waals surface area contributed by atoms with Crippen molar-refractivity contribution in [3.05, 3.63) is 47.8 Å². The lowest BCUT2D eigenvalue weighted by molar-refractivity contribution is 0.200. The molecule has 0 bridgehead atoms. The summed E-state index contributed by atoms with van der Waals surface area (Å²) in [5.74, 6) is 0.724. The standard InChI is InChI=1S/C21H23FN6O2/c1-2-16-15(10-13(22)11-23-16)17-4-3-8-27(17)19-7-9-28-20(26-19)18(12-24-28)30-21(29)25-14-5-6-14/h7,9-12,14,17H,2-6,8H2,1H3,(H,25,29). The van der Waals surface area contributed by atoms with Gasteiger partial charge in [0.15, 0.2) is 5.75 Å². The van der Waals surface area contributed by atoms with Gasteiger partial charge >= 0.3 is 6.09 Å². The first-order chi connectivity index (χ1) is 14.6. The maximum Gasteiger partial charge on any atom is 0.413 e. The minimum atomic E-state index is -0.489. The fraction of sp³-hybridized carbons (Fsp3) is 0.429. The van der Waals surface area contributed by atoms with Crippen LogP contribution in [0.25, 0.3) is 5.65 Å². The second-order valence-corrected chi connectivity index (χ2v) is 7.77. The zero-order valence-electron chi connectivity index (χ0n) is 16.7.